The standard InChI is InChI=1S/C21H23IN2O4/c1-13-7-6-8-14(19(13)22)20(25)23-16-12-18(28-3)17(27-2)11-15(16)21(26)24-9-4-5-10-24/h6-8,11-12H,4-5,9-10H2,1-3H3,(H,23,25). The number of halogens is 1. The summed E-state index contributed by atoms with van der Waals surface area (Å²) in [5, 5.41) is 2.90. The highest BCUT2D eigenvalue weighted by atomic mass is 127. The molecule has 0 unspecified atom stereocenters. The van der Waals surface area contributed by atoms with Crippen molar-refractivity contribution in [3.63, 3.8) is 0 Å². The zero-order valence-electron chi connectivity index (χ0n) is 16.2. The molecule has 2 aromatic rings. The molecule has 0 aromatic heterocycles. The van der Waals surface area contributed by atoms with Crippen LogP contribution in [0.15, 0.2) is 30.3 Å². The summed E-state index contributed by atoms with van der Waals surface area (Å²) in [6, 6.07) is 8.85. The summed E-state index contributed by atoms with van der Waals surface area (Å²) in [5.41, 5.74) is 2.40. The first kappa shape index (κ1) is 20.4. The van der Waals surface area contributed by atoms with Crippen LogP contribution in [0.5, 0.6) is 11.5 Å². The molecule has 0 aliphatic carbocycles. The molecule has 0 radical (unpaired) electrons. The predicted molar refractivity (Wildman–Crippen MR) is 117 cm³/mol. The molecule has 0 saturated carbocycles. The number of likely N-dealkylation sites (tertiary alicyclic amines) is 1. The van der Waals surface area contributed by atoms with Gasteiger partial charge in [0.1, 0.15) is 0 Å². The van der Waals surface area contributed by atoms with Crippen LogP contribution in [0.25, 0.3) is 0 Å². The molecule has 7 heteroatoms. The van der Waals surface area contributed by atoms with Gasteiger partial charge >= 0.3 is 0 Å². The molecule has 1 N–H and O–H groups in total. The number of methoxy groups -OCH3 is 2. The van der Waals surface area contributed by atoms with Crippen LogP contribution in [0.3, 0.4) is 0 Å². The maximum atomic E-state index is 13.1. The van der Waals surface area contributed by atoms with Crippen molar-refractivity contribution in [2.45, 2.75) is 19.8 Å². The summed E-state index contributed by atoms with van der Waals surface area (Å²) in [4.78, 5) is 27.8. The van der Waals surface area contributed by atoms with Crippen molar-refractivity contribution >= 4 is 40.1 Å². The SMILES string of the molecule is COc1cc(NC(=O)c2cccc(C)c2I)c(C(=O)N2CCCC2)cc1OC. The van der Waals surface area contributed by atoms with E-state index in [0.29, 0.717) is 28.3 Å². The fourth-order valence-electron chi connectivity index (χ4n) is 3.26. The second-order valence-electron chi connectivity index (χ2n) is 6.64. The lowest BCUT2D eigenvalue weighted by atomic mass is 10.1. The number of nitrogens with one attached hydrogen (secondary N) is 1. The lowest BCUT2D eigenvalue weighted by Gasteiger charge is -2.20. The number of nitrogens with zero attached hydrogens (tertiary/aromatic N) is 1. The number of carbonyl (C=O) groups excluding carboxylic acids is 2. The van der Waals surface area contributed by atoms with Gasteiger partial charge in [0.2, 0.25) is 0 Å². The maximum absolute atomic E-state index is 13.1. The molecule has 3 rings (SSSR count). The molecule has 28 heavy (non-hydrogen) atoms. The van der Waals surface area contributed by atoms with E-state index >= 15 is 0 Å². The largest absolute Gasteiger partial charge is 0.493 e. The molecule has 1 aliphatic rings. The Morgan fingerprint density at radius 2 is 1.68 bits per heavy atom. The topological polar surface area (TPSA) is 67.9 Å². The maximum Gasteiger partial charge on any atom is 0.256 e. The monoisotopic (exact) mass is 494 g/mol. The van der Waals surface area contributed by atoms with Gasteiger partial charge in [-0.05, 0) is 60.1 Å². The highest BCUT2D eigenvalue weighted by molar-refractivity contribution is 14.1. The van der Waals surface area contributed by atoms with E-state index < -0.39 is 0 Å². The molecule has 148 valence electrons. The number of rotatable bonds is 5. The van der Waals surface area contributed by atoms with Gasteiger partial charge < -0.3 is 19.7 Å². The molecule has 2 amide bonds. The average molecular weight is 494 g/mol. The highest BCUT2D eigenvalue weighted by Crippen LogP contribution is 2.35. The van der Waals surface area contributed by atoms with Gasteiger partial charge in [0, 0.05) is 22.7 Å². The first-order chi connectivity index (χ1) is 13.5. The van der Waals surface area contributed by atoms with Gasteiger partial charge in [-0.25, -0.2) is 0 Å². The molecule has 0 spiro atoms. The minimum atomic E-state index is -0.268. The summed E-state index contributed by atoms with van der Waals surface area (Å²) in [6.45, 7) is 3.39. The highest BCUT2D eigenvalue weighted by Gasteiger charge is 2.25. The van der Waals surface area contributed by atoms with Crippen LogP contribution < -0.4 is 14.8 Å². The van der Waals surface area contributed by atoms with Gasteiger partial charge in [0.25, 0.3) is 11.8 Å². The molecular weight excluding hydrogens is 471 g/mol. The van der Waals surface area contributed by atoms with E-state index in [1.807, 2.05) is 19.1 Å². The number of hydrogen-bond acceptors (Lipinski definition) is 4. The first-order valence-electron chi connectivity index (χ1n) is 9.08. The second kappa shape index (κ2) is 8.81. The van der Waals surface area contributed by atoms with E-state index in [9.17, 15) is 9.59 Å². The van der Waals surface area contributed by atoms with Gasteiger partial charge in [-0.1, -0.05) is 12.1 Å². The minimum absolute atomic E-state index is 0.118. The van der Waals surface area contributed by atoms with E-state index in [4.69, 9.17) is 9.47 Å². The Balaban J connectivity index is 2.01. The van der Waals surface area contributed by atoms with Crippen LogP contribution in [-0.2, 0) is 0 Å². The predicted octanol–water partition coefficient (Wildman–Crippen LogP) is 4.11. The number of ether oxygens (including phenoxy) is 2. The van der Waals surface area contributed by atoms with Gasteiger partial charge in [0.15, 0.2) is 11.5 Å². The van der Waals surface area contributed by atoms with Crippen molar-refractivity contribution in [2.75, 3.05) is 32.6 Å². The summed E-state index contributed by atoms with van der Waals surface area (Å²) in [6.07, 6.45) is 1.98. The second-order valence-corrected chi connectivity index (χ2v) is 7.72. The van der Waals surface area contributed by atoms with Gasteiger partial charge in [0.05, 0.1) is 31.0 Å². The van der Waals surface area contributed by atoms with Crippen molar-refractivity contribution in [3.8, 4) is 11.5 Å². The Kier molecular flexibility index (Phi) is 6.43. The Hall–Kier alpha value is -2.29. The van der Waals surface area contributed by atoms with Crippen molar-refractivity contribution in [2.24, 2.45) is 0 Å². The fourth-order valence-corrected chi connectivity index (χ4v) is 3.87. The molecule has 6 nitrogen and oxygen atoms in total. The van der Waals surface area contributed by atoms with Crippen LogP contribution >= 0.6 is 22.6 Å². The Bertz CT molecular complexity index is 908. The molecule has 1 aliphatic heterocycles. The molecule has 1 fully saturated rings. The van der Waals surface area contributed by atoms with E-state index in [-0.39, 0.29) is 11.8 Å². The van der Waals surface area contributed by atoms with Gasteiger partial charge in [-0.15, -0.1) is 0 Å². The molecule has 2 aromatic carbocycles. The van der Waals surface area contributed by atoms with Crippen molar-refractivity contribution in [3.05, 3.63) is 50.6 Å². The first-order valence-corrected chi connectivity index (χ1v) is 10.2. The summed E-state index contributed by atoms with van der Waals surface area (Å²) >= 11 is 2.16. The van der Waals surface area contributed by atoms with Gasteiger partial charge in [-0.2, -0.15) is 0 Å². The lowest BCUT2D eigenvalue weighted by molar-refractivity contribution is 0.0793. The number of amides is 2. The zero-order valence-corrected chi connectivity index (χ0v) is 18.3. The van der Waals surface area contributed by atoms with E-state index in [1.165, 1.54) is 14.2 Å². The van der Waals surface area contributed by atoms with E-state index in [2.05, 4.69) is 27.9 Å². The number of hydrogen-bond donors (Lipinski definition) is 1. The number of carbonyl (C=O) groups is 2. The van der Waals surface area contributed by atoms with Crippen LogP contribution in [0.1, 0.15) is 39.1 Å². The van der Waals surface area contributed by atoms with Crippen molar-refractivity contribution in [1.29, 1.82) is 0 Å². The molecular formula is C21H23IN2O4. The van der Waals surface area contributed by atoms with Crippen LogP contribution in [0.4, 0.5) is 5.69 Å². The van der Waals surface area contributed by atoms with Crippen LogP contribution in [0, 0.1) is 10.5 Å². The normalized spacial score (nSPS) is 13.4. The summed E-state index contributed by atoms with van der Waals surface area (Å²) in [5.74, 6) is 0.520. The number of aryl methyl sites for hydroxylation is 1. The molecule has 0 atom stereocenters. The van der Waals surface area contributed by atoms with E-state index in [1.54, 1.807) is 23.1 Å². The minimum Gasteiger partial charge on any atom is -0.493 e. The Labute approximate surface area is 178 Å². The van der Waals surface area contributed by atoms with Crippen molar-refractivity contribution < 1.29 is 19.1 Å². The van der Waals surface area contributed by atoms with Crippen molar-refractivity contribution in [1.82, 2.24) is 4.90 Å². The molecule has 1 saturated heterocycles. The summed E-state index contributed by atoms with van der Waals surface area (Å²) in [7, 11) is 3.05. The third-order valence-corrected chi connectivity index (χ3v) is 6.26. The smallest absolute Gasteiger partial charge is 0.256 e. The third-order valence-electron chi connectivity index (χ3n) is 4.83. The fraction of sp³-hybridized carbons (Fsp3) is 0.333. The average Bonchev–Trinajstić information content (AvgIpc) is 3.23. The molecule has 0 bridgehead atoms. The zero-order chi connectivity index (χ0) is 20.3. The third kappa shape index (κ3) is 4.09. The van der Waals surface area contributed by atoms with E-state index in [0.717, 1.165) is 35.1 Å². The number of anilines is 1. The quantitative estimate of drug-likeness (QED) is 0.636. The van der Waals surface area contributed by atoms with Crippen LogP contribution in [-0.4, -0.2) is 44.0 Å². The Morgan fingerprint density at radius 3 is 2.32 bits per heavy atom. The Morgan fingerprint density at radius 1 is 1.04 bits per heavy atom. The lowest BCUT2D eigenvalue weighted by Crippen LogP contribution is -2.29. The van der Waals surface area contributed by atoms with Crippen LogP contribution in [0.2, 0.25) is 0 Å². The van der Waals surface area contributed by atoms with Gasteiger partial charge in [-0.3, -0.25) is 9.59 Å². The molecule has 1 heterocycles. The number of benzene rings is 2. The summed E-state index contributed by atoms with van der Waals surface area (Å²) < 4.78 is 11.6.